The van der Waals surface area contributed by atoms with Gasteiger partial charge in [-0.1, -0.05) is 36.4 Å². The summed E-state index contributed by atoms with van der Waals surface area (Å²) in [7, 11) is 3.02. The summed E-state index contributed by atoms with van der Waals surface area (Å²) in [5.74, 6) is 0.609. The van der Waals surface area contributed by atoms with E-state index in [-0.39, 0.29) is 18.1 Å². The fourth-order valence-electron chi connectivity index (χ4n) is 3.00. The van der Waals surface area contributed by atoms with Gasteiger partial charge in [0.25, 0.3) is 11.8 Å². The Bertz CT molecular complexity index is 1230. The lowest BCUT2D eigenvalue weighted by Gasteiger charge is -2.11. The maximum absolute atomic E-state index is 12.5. The number of nitrogens with zero attached hydrogens (tertiary/aromatic N) is 1. The second-order valence-electron chi connectivity index (χ2n) is 6.93. The van der Waals surface area contributed by atoms with Crippen molar-refractivity contribution >= 4 is 29.3 Å². The number of hydrogen-bond donors (Lipinski definition) is 2. The summed E-state index contributed by atoms with van der Waals surface area (Å²) in [5, 5.41) is 14.8. The molecule has 0 atom stereocenters. The molecule has 3 rings (SSSR count). The lowest BCUT2D eigenvalue weighted by molar-refractivity contribution is -0.118. The van der Waals surface area contributed by atoms with Crippen LogP contribution in [0.1, 0.15) is 5.56 Å². The first-order valence-corrected chi connectivity index (χ1v) is 10.3. The Morgan fingerprint density at radius 1 is 0.853 bits per heavy atom. The van der Waals surface area contributed by atoms with E-state index in [0.29, 0.717) is 34.2 Å². The number of methoxy groups -OCH3 is 2. The molecule has 8 nitrogen and oxygen atoms in total. The Labute approximate surface area is 197 Å². The molecule has 0 heterocycles. The molecule has 0 radical (unpaired) electrons. The van der Waals surface area contributed by atoms with Crippen LogP contribution in [0.4, 0.5) is 11.4 Å². The van der Waals surface area contributed by atoms with Crippen molar-refractivity contribution in [3.8, 4) is 23.3 Å². The molecule has 0 saturated heterocycles. The molecule has 0 aliphatic rings. The second kappa shape index (κ2) is 11.7. The summed E-state index contributed by atoms with van der Waals surface area (Å²) in [6, 6.07) is 22.6. The molecule has 0 saturated carbocycles. The zero-order valence-electron chi connectivity index (χ0n) is 18.7. The summed E-state index contributed by atoms with van der Waals surface area (Å²) in [6.07, 6.45) is 1.46. The molecular formula is C26H23N3O5. The van der Waals surface area contributed by atoms with Gasteiger partial charge >= 0.3 is 0 Å². The van der Waals surface area contributed by atoms with E-state index in [1.54, 1.807) is 72.8 Å². The van der Waals surface area contributed by atoms with E-state index < -0.39 is 5.91 Å². The van der Waals surface area contributed by atoms with Crippen LogP contribution in [0.25, 0.3) is 6.08 Å². The van der Waals surface area contributed by atoms with Crippen molar-refractivity contribution in [2.45, 2.75) is 0 Å². The van der Waals surface area contributed by atoms with Crippen molar-refractivity contribution in [3.63, 3.8) is 0 Å². The molecular weight excluding hydrogens is 434 g/mol. The van der Waals surface area contributed by atoms with Gasteiger partial charge in [-0.05, 0) is 48.0 Å². The number of ether oxygens (including phenoxy) is 3. The summed E-state index contributed by atoms with van der Waals surface area (Å²) in [5.41, 5.74) is 1.56. The van der Waals surface area contributed by atoms with Gasteiger partial charge in [-0.15, -0.1) is 0 Å². The second-order valence-corrected chi connectivity index (χ2v) is 6.93. The van der Waals surface area contributed by atoms with Crippen LogP contribution in [0.2, 0.25) is 0 Å². The zero-order chi connectivity index (χ0) is 24.3. The minimum atomic E-state index is -0.555. The van der Waals surface area contributed by atoms with E-state index in [2.05, 4.69) is 10.6 Å². The Morgan fingerprint density at radius 2 is 1.41 bits per heavy atom. The van der Waals surface area contributed by atoms with Crippen LogP contribution in [0.3, 0.4) is 0 Å². The molecule has 0 aliphatic carbocycles. The Hall–Kier alpha value is -4.77. The van der Waals surface area contributed by atoms with Crippen molar-refractivity contribution in [1.29, 1.82) is 5.26 Å². The van der Waals surface area contributed by atoms with Gasteiger partial charge < -0.3 is 24.8 Å². The van der Waals surface area contributed by atoms with Crippen molar-refractivity contribution in [1.82, 2.24) is 0 Å². The SMILES string of the molecule is COc1ccccc1NC(=O)COc1ccc(/C=C(/C#N)C(=O)Nc2ccccc2OC)cc1. The molecule has 0 fully saturated rings. The standard InChI is InChI=1S/C26H23N3O5/c1-32-23-9-5-3-7-21(23)28-25(30)17-34-20-13-11-18(12-14-20)15-19(16-27)26(31)29-22-8-4-6-10-24(22)33-2/h3-15H,17H2,1-2H3,(H,28,30)(H,29,31)/b19-15-. The number of carbonyl (C=O) groups is 2. The molecule has 172 valence electrons. The number of benzene rings is 3. The Balaban J connectivity index is 1.60. The minimum absolute atomic E-state index is 0.0734. The summed E-state index contributed by atoms with van der Waals surface area (Å²) < 4.78 is 15.9. The van der Waals surface area contributed by atoms with Crippen LogP contribution < -0.4 is 24.8 Å². The average molecular weight is 457 g/mol. The van der Waals surface area contributed by atoms with E-state index in [4.69, 9.17) is 14.2 Å². The molecule has 0 unspecified atom stereocenters. The van der Waals surface area contributed by atoms with Gasteiger partial charge in [0.2, 0.25) is 0 Å². The smallest absolute Gasteiger partial charge is 0.266 e. The predicted molar refractivity (Wildman–Crippen MR) is 129 cm³/mol. The molecule has 8 heteroatoms. The zero-order valence-corrected chi connectivity index (χ0v) is 18.7. The molecule has 0 aromatic heterocycles. The third kappa shape index (κ3) is 6.37. The number of rotatable bonds is 9. The van der Waals surface area contributed by atoms with Crippen LogP contribution in [0.15, 0.2) is 78.4 Å². The summed E-state index contributed by atoms with van der Waals surface area (Å²) >= 11 is 0. The quantitative estimate of drug-likeness (QED) is 0.367. The van der Waals surface area contributed by atoms with Gasteiger partial charge in [0.05, 0.1) is 25.6 Å². The first-order chi connectivity index (χ1) is 16.5. The Kier molecular flexibility index (Phi) is 8.25. The molecule has 3 aromatic carbocycles. The van der Waals surface area contributed by atoms with Gasteiger partial charge in [-0.25, -0.2) is 0 Å². The molecule has 0 bridgehead atoms. The number of nitriles is 1. The summed E-state index contributed by atoms with van der Waals surface area (Å²) in [6.45, 7) is -0.196. The van der Waals surface area contributed by atoms with E-state index in [1.807, 2.05) is 6.07 Å². The normalized spacial score (nSPS) is 10.6. The number of amides is 2. The van der Waals surface area contributed by atoms with Crippen molar-refractivity contribution in [2.75, 3.05) is 31.5 Å². The monoisotopic (exact) mass is 457 g/mol. The van der Waals surface area contributed by atoms with Crippen molar-refractivity contribution in [2.24, 2.45) is 0 Å². The highest BCUT2D eigenvalue weighted by atomic mass is 16.5. The number of para-hydroxylation sites is 4. The van der Waals surface area contributed by atoms with Crippen LogP contribution in [0.5, 0.6) is 17.2 Å². The summed E-state index contributed by atoms with van der Waals surface area (Å²) in [4.78, 5) is 24.7. The van der Waals surface area contributed by atoms with Crippen LogP contribution in [-0.2, 0) is 9.59 Å². The first-order valence-electron chi connectivity index (χ1n) is 10.3. The fourth-order valence-corrected chi connectivity index (χ4v) is 3.00. The maximum atomic E-state index is 12.5. The lowest BCUT2D eigenvalue weighted by atomic mass is 10.1. The highest BCUT2D eigenvalue weighted by molar-refractivity contribution is 6.10. The largest absolute Gasteiger partial charge is 0.495 e. The van der Waals surface area contributed by atoms with E-state index in [9.17, 15) is 14.9 Å². The fraction of sp³-hybridized carbons (Fsp3) is 0.115. The third-order valence-corrected chi connectivity index (χ3v) is 4.66. The number of anilines is 2. The molecule has 3 aromatic rings. The molecule has 0 aliphatic heterocycles. The van der Waals surface area contributed by atoms with Gasteiger partial charge in [-0.3, -0.25) is 9.59 Å². The van der Waals surface area contributed by atoms with Gasteiger partial charge in [0, 0.05) is 0 Å². The van der Waals surface area contributed by atoms with E-state index >= 15 is 0 Å². The van der Waals surface area contributed by atoms with Crippen molar-refractivity contribution < 1.29 is 23.8 Å². The van der Waals surface area contributed by atoms with Crippen molar-refractivity contribution in [3.05, 3.63) is 83.9 Å². The van der Waals surface area contributed by atoms with Gasteiger partial charge in [-0.2, -0.15) is 5.26 Å². The minimum Gasteiger partial charge on any atom is -0.495 e. The maximum Gasteiger partial charge on any atom is 0.266 e. The van der Waals surface area contributed by atoms with Gasteiger partial charge in [0.15, 0.2) is 6.61 Å². The lowest BCUT2D eigenvalue weighted by Crippen LogP contribution is -2.20. The van der Waals surface area contributed by atoms with Crippen LogP contribution in [-0.4, -0.2) is 32.6 Å². The van der Waals surface area contributed by atoms with Crippen LogP contribution >= 0.6 is 0 Å². The number of nitrogens with one attached hydrogen (secondary N) is 2. The molecule has 34 heavy (non-hydrogen) atoms. The van der Waals surface area contributed by atoms with Crippen LogP contribution in [0, 0.1) is 11.3 Å². The van der Waals surface area contributed by atoms with E-state index in [1.165, 1.54) is 20.3 Å². The molecule has 2 amide bonds. The predicted octanol–water partition coefficient (Wildman–Crippen LogP) is 4.27. The topological polar surface area (TPSA) is 110 Å². The molecule has 2 N–H and O–H groups in total. The number of hydrogen-bond acceptors (Lipinski definition) is 6. The average Bonchev–Trinajstić information content (AvgIpc) is 2.87. The highest BCUT2D eigenvalue weighted by Gasteiger charge is 2.12. The van der Waals surface area contributed by atoms with Gasteiger partial charge in [0.1, 0.15) is 28.9 Å². The Morgan fingerprint density at radius 3 is 1.97 bits per heavy atom. The molecule has 0 spiro atoms. The highest BCUT2D eigenvalue weighted by Crippen LogP contribution is 2.24. The number of carbonyl (C=O) groups excluding carboxylic acids is 2. The third-order valence-electron chi connectivity index (χ3n) is 4.66. The van der Waals surface area contributed by atoms with E-state index in [0.717, 1.165) is 0 Å². The first kappa shape index (κ1) is 23.9.